The lowest BCUT2D eigenvalue weighted by Crippen LogP contribution is -2.37. The number of amides is 2. The van der Waals surface area contributed by atoms with Crippen molar-refractivity contribution < 1.29 is 24.6 Å². The third kappa shape index (κ3) is 3.96. The van der Waals surface area contributed by atoms with Crippen molar-refractivity contribution in [3.05, 3.63) is 89.1 Å². The van der Waals surface area contributed by atoms with Gasteiger partial charge in [0.05, 0.1) is 5.57 Å². The number of carbonyl (C=O) groups is 3. The molecule has 7 nitrogen and oxygen atoms in total. The van der Waals surface area contributed by atoms with E-state index >= 15 is 0 Å². The van der Waals surface area contributed by atoms with Gasteiger partial charge < -0.3 is 15.5 Å². The maximum Gasteiger partial charge on any atom is 0.260 e. The average Bonchev–Trinajstić information content (AvgIpc) is 2.78. The zero-order valence-corrected chi connectivity index (χ0v) is 17.2. The number of ketones is 1. The molecule has 1 heterocycles. The first-order valence-corrected chi connectivity index (χ1v) is 9.90. The molecule has 0 aliphatic carbocycles. The molecule has 0 fully saturated rings. The van der Waals surface area contributed by atoms with Crippen molar-refractivity contribution >= 4 is 23.2 Å². The van der Waals surface area contributed by atoms with E-state index in [9.17, 15) is 24.6 Å². The standard InChI is InChI=1S/C25H20N2O5/c1-14(28)17-4-2-3-5-18(17)16-7-8-19-20(11-16)21(25(32)27-24(19)31)13-26-12-15-6-9-22(29)23(30)10-15/h2-11,13,26,29-30H,12H2,1H3,(H,27,31,32). The molecule has 0 saturated heterocycles. The lowest BCUT2D eigenvalue weighted by Gasteiger charge is -2.20. The summed E-state index contributed by atoms with van der Waals surface area (Å²) in [5.41, 5.74) is 3.74. The van der Waals surface area contributed by atoms with Gasteiger partial charge in [0.15, 0.2) is 17.3 Å². The molecular formula is C25H20N2O5. The van der Waals surface area contributed by atoms with E-state index in [2.05, 4.69) is 10.6 Å². The van der Waals surface area contributed by atoms with Crippen LogP contribution in [-0.4, -0.2) is 27.8 Å². The van der Waals surface area contributed by atoms with Gasteiger partial charge in [-0.2, -0.15) is 0 Å². The Morgan fingerprint density at radius 2 is 1.69 bits per heavy atom. The average molecular weight is 428 g/mol. The van der Waals surface area contributed by atoms with Gasteiger partial charge in [0.2, 0.25) is 0 Å². The predicted octanol–water partition coefficient (Wildman–Crippen LogP) is 3.37. The Balaban J connectivity index is 1.71. The zero-order chi connectivity index (χ0) is 22.8. The van der Waals surface area contributed by atoms with Gasteiger partial charge in [-0.3, -0.25) is 19.7 Å². The minimum Gasteiger partial charge on any atom is -0.504 e. The van der Waals surface area contributed by atoms with Gasteiger partial charge in [0.1, 0.15) is 0 Å². The van der Waals surface area contributed by atoms with Crippen LogP contribution in [0.5, 0.6) is 11.5 Å². The normalized spacial score (nSPS) is 14.1. The maximum absolute atomic E-state index is 12.6. The summed E-state index contributed by atoms with van der Waals surface area (Å²) in [6.07, 6.45) is 1.51. The largest absolute Gasteiger partial charge is 0.504 e. The number of aromatic hydroxyl groups is 2. The summed E-state index contributed by atoms with van der Waals surface area (Å²) in [4.78, 5) is 37.0. The van der Waals surface area contributed by atoms with Crippen LogP contribution in [0, 0.1) is 0 Å². The molecule has 1 aliphatic heterocycles. The van der Waals surface area contributed by atoms with Crippen LogP contribution in [0.2, 0.25) is 0 Å². The smallest absolute Gasteiger partial charge is 0.260 e. The molecule has 4 N–H and O–H groups in total. The van der Waals surface area contributed by atoms with Gasteiger partial charge in [-0.1, -0.05) is 36.4 Å². The topological polar surface area (TPSA) is 116 Å². The van der Waals surface area contributed by atoms with E-state index in [4.69, 9.17) is 0 Å². The minimum atomic E-state index is -0.541. The first kappa shape index (κ1) is 20.9. The number of rotatable bonds is 5. The molecular weight excluding hydrogens is 408 g/mol. The van der Waals surface area contributed by atoms with E-state index in [1.807, 2.05) is 12.1 Å². The fraction of sp³-hybridized carbons (Fsp3) is 0.0800. The van der Waals surface area contributed by atoms with Crippen LogP contribution in [0.25, 0.3) is 16.7 Å². The molecule has 0 spiro atoms. The van der Waals surface area contributed by atoms with Crippen molar-refractivity contribution in [3.63, 3.8) is 0 Å². The van der Waals surface area contributed by atoms with Crippen molar-refractivity contribution in [3.8, 4) is 22.6 Å². The summed E-state index contributed by atoms with van der Waals surface area (Å²) in [7, 11) is 0. The van der Waals surface area contributed by atoms with Crippen molar-refractivity contribution in [1.82, 2.24) is 10.6 Å². The van der Waals surface area contributed by atoms with Crippen LogP contribution in [0.3, 0.4) is 0 Å². The summed E-state index contributed by atoms with van der Waals surface area (Å²) in [6.45, 7) is 1.77. The number of nitrogens with one attached hydrogen (secondary N) is 2. The van der Waals surface area contributed by atoms with E-state index in [1.165, 1.54) is 25.3 Å². The second-order valence-corrected chi connectivity index (χ2v) is 7.41. The highest BCUT2D eigenvalue weighted by Gasteiger charge is 2.27. The lowest BCUT2D eigenvalue weighted by molar-refractivity contribution is -0.114. The third-order valence-corrected chi connectivity index (χ3v) is 5.24. The number of benzene rings is 3. The summed E-state index contributed by atoms with van der Waals surface area (Å²) >= 11 is 0. The molecule has 4 rings (SSSR count). The molecule has 0 aromatic heterocycles. The van der Waals surface area contributed by atoms with Gasteiger partial charge in [0, 0.05) is 29.4 Å². The van der Waals surface area contributed by atoms with Crippen molar-refractivity contribution in [2.75, 3.05) is 0 Å². The minimum absolute atomic E-state index is 0.0817. The number of phenolic OH excluding ortho intramolecular Hbond substituents is 2. The molecule has 1 aliphatic rings. The number of hydrogen-bond acceptors (Lipinski definition) is 6. The summed E-state index contributed by atoms with van der Waals surface area (Å²) in [6, 6.07) is 16.7. The van der Waals surface area contributed by atoms with Gasteiger partial charge in [0.25, 0.3) is 11.8 Å². The molecule has 2 amide bonds. The molecule has 0 radical (unpaired) electrons. The molecule has 160 valence electrons. The summed E-state index contributed by atoms with van der Waals surface area (Å²) < 4.78 is 0. The summed E-state index contributed by atoms with van der Waals surface area (Å²) in [5, 5.41) is 24.4. The van der Waals surface area contributed by atoms with E-state index in [0.717, 1.165) is 0 Å². The van der Waals surface area contributed by atoms with Gasteiger partial charge in [-0.25, -0.2) is 0 Å². The first-order valence-electron chi connectivity index (χ1n) is 9.90. The van der Waals surface area contributed by atoms with Crippen LogP contribution in [0.1, 0.15) is 38.8 Å². The number of Topliss-reactive ketones (excluding diaryl/α,β-unsaturated/α-hetero) is 1. The Labute approximate surface area is 184 Å². The molecule has 32 heavy (non-hydrogen) atoms. The highest BCUT2D eigenvalue weighted by molar-refractivity contribution is 6.31. The lowest BCUT2D eigenvalue weighted by atomic mass is 9.89. The maximum atomic E-state index is 12.6. The predicted molar refractivity (Wildman–Crippen MR) is 119 cm³/mol. The summed E-state index contributed by atoms with van der Waals surface area (Å²) in [5.74, 6) is -1.57. The zero-order valence-electron chi connectivity index (χ0n) is 17.2. The Morgan fingerprint density at radius 1 is 0.906 bits per heavy atom. The fourth-order valence-electron chi connectivity index (χ4n) is 3.63. The monoisotopic (exact) mass is 428 g/mol. The van der Waals surface area contributed by atoms with Gasteiger partial charge in [-0.05, 0) is 47.9 Å². The Hall–Kier alpha value is -4.39. The number of phenols is 2. The SMILES string of the molecule is CC(=O)c1ccccc1-c1ccc2c(c1)C(=CNCc1ccc(O)c(O)c1)C(=O)NC2=O. The molecule has 0 atom stereocenters. The second kappa shape index (κ2) is 8.39. The van der Waals surface area contributed by atoms with Crippen molar-refractivity contribution in [2.45, 2.75) is 13.5 Å². The van der Waals surface area contributed by atoms with Crippen LogP contribution < -0.4 is 10.6 Å². The van der Waals surface area contributed by atoms with Crippen molar-refractivity contribution in [1.29, 1.82) is 0 Å². The van der Waals surface area contributed by atoms with Gasteiger partial charge >= 0.3 is 0 Å². The van der Waals surface area contributed by atoms with E-state index in [1.54, 1.807) is 36.4 Å². The molecule has 0 unspecified atom stereocenters. The molecule has 0 saturated carbocycles. The number of fused-ring (bicyclic) bond motifs is 1. The Bertz CT molecular complexity index is 1290. The van der Waals surface area contributed by atoms with E-state index < -0.39 is 11.8 Å². The highest BCUT2D eigenvalue weighted by atomic mass is 16.3. The highest BCUT2D eigenvalue weighted by Crippen LogP contribution is 2.31. The molecule has 0 bridgehead atoms. The second-order valence-electron chi connectivity index (χ2n) is 7.41. The van der Waals surface area contributed by atoms with Gasteiger partial charge in [-0.15, -0.1) is 0 Å². The van der Waals surface area contributed by atoms with Crippen LogP contribution in [0.15, 0.2) is 66.9 Å². The van der Waals surface area contributed by atoms with Crippen LogP contribution in [-0.2, 0) is 11.3 Å². The third-order valence-electron chi connectivity index (χ3n) is 5.24. The first-order chi connectivity index (χ1) is 15.3. The van der Waals surface area contributed by atoms with E-state index in [0.29, 0.717) is 33.4 Å². The molecule has 3 aromatic rings. The Kier molecular flexibility index (Phi) is 5.47. The number of carbonyl (C=O) groups excluding carboxylic acids is 3. The number of hydrogen-bond donors (Lipinski definition) is 4. The van der Waals surface area contributed by atoms with Crippen LogP contribution in [0.4, 0.5) is 0 Å². The van der Waals surface area contributed by atoms with E-state index in [-0.39, 0.29) is 29.4 Å². The van der Waals surface area contributed by atoms with Crippen LogP contribution >= 0.6 is 0 Å². The Morgan fingerprint density at radius 3 is 2.44 bits per heavy atom. The number of imide groups is 1. The van der Waals surface area contributed by atoms with Crippen molar-refractivity contribution in [2.24, 2.45) is 0 Å². The molecule has 7 heteroatoms. The fourth-order valence-corrected chi connectivity index (χ4v) is 3.63. The molecule has 3 aromatic carbocycles. The quantitative estimate of drug-likeness (QED) is 0.214.